The number of thiocarbonyl (C=S) groups is 1. The van der Waals surface area contributed by atoms with Crippen LogP contribution >= 0.6 is 24.0 Å². The average molecular weight is 661 g/mol. The summed E-state index contributed by atoms with van der Waals surface area (Å²) in [4.78, 5) is 31.9. The second-order valence-corrected chi connectivity index (χ2v) is 14.6. The first-order chi connectivity index (χ1) is 22.4. The zero-order chi connectivity index (χ0) is 32.9. The Morgan fingerprint density at radius 3 is 2.15 bits per heavy atom. The molecule has 0 radical (unpaired) electrons. The average Bonchev–Trinajstić information content (AvgIpc) is 3.33. The number of aromatic nitrogens is 1. The SMILES string of the molecule is CCCCCCCCCCCCN1C(=O)/C(=C/c2c(C)c(C#N)c(=O)n(CCC)c2N2CCC(Cc3ccccc3)CC2)SC1=S. The van der Waals surface area contributed by atoms with E-state index in [9.17, 15) is 14.9 Å². The van der Waals surface area contributed by atoms with E-state index in [0.29, 0.717) is 33.8 Å². The number of amides is 1. The third kappa shape index (κ3) is 9.35. The molecule has 4 rings (SSSR count). The third-order valence-electron chi connectivity index (χ3n) is 9.46. The third-order valence-corrected chi connectivity index (χ3v) is 10.8. The van der Waals surface area contributed by atoms with Crippen molar-refractivity contribution in [2.75, 3.05) is 24.5 Å². The van der Waals surface area contributed by atoms with E-state index >= 15 is 0 Å². The lowest BCUT2D eigenvalue weighted by atomic mass is 9.90. The van der Waals surface area contributed by atoms with Crippen molar-refractivity contribution in [1.29, 1.82) is 5.26 Å². The van der Waals surface area contributed by atoms with Crippen LogP contribution in [-0.2, 0) is 17.8 Å². The minimum absolute atomic E-state index is 0.0652. The maximum atomic E-state index is 13.7. The van der Waals surface area contributed by atoms with Gasteiger partial charge in [-0.25, -0.2) is 0 Å². The fourth-order valence-electron chi connectivity index (χ4n) is 6.79. The quantitative estimate of drug-likeness (QED) is 0.0958. The number of thioether (sulfide) groups is 1. The van der Waals surface area contributed by atoms with Crippen LogP contribution in [0.3, 0.4) is 0 Å². The van der Waals surface area contributed by atoms with Crippen molar-refractivity contribution < 1.29 is 4.79 Å². The van der Waals surface area contributed by atoms with Crippen molar-refractivity contribution in [3.8, 4) is 6.07 Å². The summed E-state index contributed by atoms with van der Waals surface area (Å²) in [5, 5.41) is 10.0. The number of anilines is 1. The van der Waals surface area contributed by atoms with Gasteiger partial charge in [0.2, 0.25) is 0 Å². The smallest absolute Gasteiger partial charge is 0.270 e. The van der Waals surface area contributed by atoms with Crippen LogP contribution in [0.5, 0.6) is 0 Å². The molecule has 0 spiro atoms. The van der Waals surface area contributed by atoms with Gasteiger partial charge in [-0.1, -0.05) is 126 Å². The molecular formula is C38H52N4O2S2. The van der Waals surface area contributed by atoms with Crippen molar-refractivity contribution in [3.05, 3.63) is 67.8 Å². The van der Waals surface area contributed by atoms with E-state index in [-0.39, 0.29) is 17.0 Å². The number of carbonyl (C=O) groups excluding carboxylic acids is 1. The van der Waals surface area contributed by atoms with E-state index in [2.05, 4.69) is 48.2 Å². The highest BCUT2D eigenvalue weighted by Crippen LogP contribution is 2.37. The van der Waals surface area contributed by atoms with Gasteiger partial charge in [0.15, 0.2) is 0 Å². The molecule has 0 N–H and O–H groups in total. The van der Waals surface area contributed by atoms with E-state index in [1.165, 1.54) is 68.7 Å². The summed E-state index contributed by atoms with van der Waals surface area (Å²) in [6.45, 7) is 8.96. The topological polar surface area (TPSA) is 69.3 Å². The van der Waals surface area contributed by atoms with Gasteiger partial charge < -0.3 is 4.90 Å². The maximum Gasteiger partial charge on any atom is 0.270 e. The summed E-state index contributed by atoms with van der Waals surface area (Å²) in [6, 6.07) is 12.8. The second kappa shape index (κ2) is 18.4. The fraction of sp³-hybridized carbons (Fsp3) is 0.579. The molecule has 1 aromatic heterocycles. The predicted octanol–water partition coefficient (Wildman–Crippen LogP) is 9.02. The van der Waals surface area contributed by atoms with Gasteiger partial charge in [-0.05, 0) is 62.1 Å². The number of rotatable bonds is 17. The van der Waals surface area contributed by atoms with Crippen LogP contribution in [0.4, 0.5) is 5.82 Å². The summed E-state index contributed by atoms with van der Waals surface area (Å²) in [5.74, 6) is 1.35. The normalized spacial score (nSPS) is 16.5. The first-order valence-electron chi connectivity index (χ1n) is 17.6. The summed E-state index contributed by atoms with van der Waals surface area (Å²) < 4.78 is 2.37. The van der Waals surface area contributed by atoms with Crippen molar-refractivity contribution >= 4 is 46.1 Å². The van der Waals surface area contributed by atoms with Crippen LogP contribution < -0.4 is 10.5 Å². The number of piperidine rings is 1. The molecule has 2 aromatic rings. The Morgan fingerprint density at radius 2 is 1.54 bits per heavy atom. The molecule has 8 heteroatoms. The molecule has 2 aliphatic rings. The lowest BCUT2D eigenvalue weighted by Crippen LogP contribution is -2.40. The molecule has 2 saturated heterocycles. The lowest BCUT2D eigenvalue weighted by Gasteiger charge is -2.36. The van der Waals surface area contributed by atoms with Gasteiger partial charge in [0.1, 0.15) is 21.8 Å². The van der Waals surface area contributed by atoms with E-state index < -0.39 is 0 Å². The van der Waals surface area contributed by atoms with Crippen LogP contribution in [0.15, 0.2) is 40.0 Å². The molecule has 0 unspecified atom stereocenters. The molecular weight excluding hydrogens is 609 g/mol. The van der Waals surface area contributed by atoms with Crippen LogP contribution in [0.25, 0.3) is 6.08 Å². The minimum Gasteiger partial charge on any atom is -0.357 e. The molecule has 2 aliphatic heterocycles. The standard InChI is InChI=1S/C38H52N4O2S2/c1-4-6-7-8-9-10-11-12-13-17-23-42-37(44)34(46-38(42)45)27-32-29(3)33(28-39)36(43)41(22-5-2)35(32)40-24-20-31(21-25-40)26-30-18-15-14-16-19-30/h14-16,18-19,27,31H,4-13,17,20-26H2,1-3H3/b34-27-. The minimum atomic E-state index is -0.242. The molecule has 1 aromatic carbocycles. The summed E-state index contributed by atoms with van der Waals surface area (Å²) in [7, 11) is 0. The fourth-order valence-corrected chi connectivity index (χ4v) is 8.08. The number of hydrogen-bond acceptors (Lipinski definition) is 6. The number of carbonyl (C=O) groups is 1. The first-order valence-corrected chi connectivity index (χ1v) is 18.8. The van der Waals surface area contributed by atoms with Crippen molar-refractivity contribution in [2.24, 2.45) is 5.92 Å². The molecule has 3 heterocycles. The number of nitrogens with zero attached hydrogens (tertiary/aromatic N) is 4. The molecule has 1 amide bonds. The summed E-state index contributed by atoms with van der Waals surface area (Å²) in [5.41, 5.74) is 2.71. The Hall–Kier alpha value is -2.89. The molecule has 6 nitrogen and oxygen atoms in total. The summed E-state index contributed by atoms with van der Waals surface area (Å²) >= 11 is 7.02. The molecule has 0 bridgehead atoms. The van der Waals surface area contributed by atoms with Gasteiger partial charge in [0, 0.05) is 31.7 Å². The summed E-state index contributed by atoms with van der Waals surface area (Å²) in [6.07, 6.45) is 18.2. The first kappa shape index (κ1) is 36.0. The van der Waals surface area contributed by atoms with E-state index in [0.717, 1.165) is 63.0 Å². The largest absolute Gasteiger partial charge is 0.357 e. The lowest BCUT2D eigenvalue weighted by molar-refractivity contribution is -0.122. The number of benzene rings is 1. The van der Waals surface area contributed by atoms with Crippen molar-refractivity contribution in [1.82, 2.24) is 9.47 Å². The number of unbranched alkanes of at least 4 members (excludes halogenated alkanes) is 9. The highest BCUT2D eigenvalue weighted by molar-refractivity contribution is 8.26. The van der Waals surface area contributed by atoms with Gasteiger partial charge in [0.25, 0.3) is 11.5 Å². The van der Waals surface area contributed by atoms with Gasteiger partial charge in [-0.2, -0.15) is 5.26 Å². The van der Waals surface area contributed by atoms with Gasteiger partial charge >= 0.3 is 0 Å². The number of hydrogen-bond donors (Lipinski definition) is 0. The predicted molar refractivity (Wildman–Crippen MR) is 197 cm³/mol. The highest BCUT2D eigenvalue weighted by Gasteiger charge is 2.33. The maximum absolute atomic E-state index is 13.7. The molecule has 0 atom stereocenters. The van der Waals surface area contributed by atoms with Gasteiger partial charge in [-0.3, -0.25) is 19.1 Å². The Bertz CT molecular complexity index is 1450. The van der Waals surface area contributed by atoms with E-state index in [1.807, 2.05) is 19.9 Å². The number of pyridine rings is 1. The molecule has 46 heavy (non-hydrogen) atoms. The highest BCUT2D eigenvalue weighted by atomic mass is 32.2. The monoisotopic (exact) mass is 660 g/mol. The van der Waals surface area contributed by atoms with Crippen LogP contribution in [0.1, 0.15) is 120 Å². The Kier molecular flexibility index (Phi) is 14.4. The van der Waals surface area contributed by atoms with E-state index in [1.54, 1.807) is 9.47 Å². The second-order valence-electron chi connectivity index (χ2n) is 12.9. The Balaban J connectivity index is 1.48. The molecule has 248 valence electrons. The van der Waals surface area contributed by atoms with Crippen molar-refractivity contribution in [3.63, 3.8) is 0 Å². The van der Waals surface area contributed by atoms with E-state index in [4.69, 9.17) is 12.2 Å². The van der Waals surface area contributed by atoms with Gasteiger partial charge in [0.05, 0.1) is 4.91 Å². The van der Waals surface area contributed by atoms with Crippen LogP contribution in [-0.4, -0.2) is 39.3 Å². The molecule has 0 saturated carbocycles. The molecule has 2 fully saturated rings. The zero-order valence-corrected chi connectivity index (χ0v) is 29.8. The van der Waals surface area contributed by atoms with Crippen molar-refractivity contribution in [2.45, 2.75) is 117 Å². The Labute approximate surface area is 286 Å². The Morgan fingerprint density at radius 1 is 0.913 bits per heavy atom. The van der Waals surface area contributed by atoms with Gasteiger partial charge in [-0.15, -0.1) is 0 Å². The van der Waals surface area contributed by atoms with Crippen LogP contribution in [0.2, 0.25) is 0 Å². The van der Waals surface area contributed by atoms with Crippen LogP contribution in [0, 0.1) is 24.2 Å². The number of nitriles is 1. The zero-order valence-electron chi connectivity index (χ0n) is 28.2. The molecule has 0 aliphatic carbocycles.